The average Bonchev–Trinajstić information content (AvgIpc) is 3.19. The summed E-state index contributed by atoms with van der Waals surface area (Å²) in [4.78, 5) is 0. The number of benzene rings is 2. The summed E-state index contributed by atoms with van der Waals surface area (Å²) < 4.78 is 18.8. The monoisotopic (exact) mass is 278 g/mol. The van der Waals surface area contributed by atoms with E-state index in [4.69, 9.17) is 16.3 Å². The highest BCUT2D eigenvalue weighted by atomic mass is 35.5. The van der Waals surface area contributed by atoms with Crippen molar-refractivity contribution in [3.63, 3.8) is 0 Å². The zero-order chi connectivity index (χ0) is 13.4. The van der Waals surface area contributed by atoms with Crippen LogP contribution in [-0.4, -0.2) is 11.2 Å². The molecule has 0 spiro atoms. The van der Waals surface area contributed by atoms with Gasteiger partial charge in [0.05, 0.1) is 11.1 Å². The van der Waals surface area contributed by atoms with Gasteiger partial charge in [-0.15, -0.1) is 0 Å². The van der Waals surface area contributed by atoms with Crippen LogP contribution in [0.15, 0.2) is 36.4 Å². The standard InChI is InChI=1S/C15H12ClFO2/c16-13-7-12(15(18)8-14(13)17)9-1-3-10(4-2-9)19-11-5-6-11/h1-4,7-8,11,18H,5-6H2. The van der Waals surface area contributed by atoms with Gasteiger partial charge in [0.15, 0.2) is 0 Å². The van der Waals surface area contributed by atoms with E-state index in [1.807, 2.05) is 24.3 Å². The van der Waals surface area contributed by atoms with E-state index in [9.17, 15) is 9.50 Å². The van der Waals surface area contributed by atoms with E-state index >= 15 is 0 Å². The van der Waals surface area contributed by atoms with Crippen molar-refractivity contribution in [3.8, 4) is 22.6 Å². The summed E-state index contributed by atoms with van der Waals surface area (Å²) in [5, 5.41) is 9.76. The molecule has 2 aromatic carbocycles. The molecule has 0 amide bonds. The number of phenolic OH excluding ortho intramolecular Hbond substituents is 1. The number of hydrogen-bond acceptors (Lipinski definition) is 2. The van der Waals surface area contributed by atoms with Crippen molar-refractivity contribution in [2.75, 3.05) is 0 Å². The summed E-state index contributed by atoms with van der Waals surface area (Å²) in [5.41, 5.74) is 1.27. The smallest absolute Gasteiger partial charge is 0.145 e. The third kappa shape index (κ3) is 2.66. The van der Waals surface area contributed by atoms with Gasteiger partial charge in [0.1, 0.15) is 17.3 Å². The maximum absolute atomic E-state index is 13.2. The molecule has 0 aliphatic heterocycles. The predicted octanol–water partition coefficient (Wildman–Crippen LogP) is 4.39. The first-order chi connectivity index (χ1) is 9.13. The maximum Gasteiger partial charge on any atom is 0.145 e. The van der Waals surface area contributed by atoms with Crippen LogP contribution in [0.1, 0.15) is 12.8 Å². The van der Waals surface area contributed by atoms with Crippen LogP contribution >= 0.6 is 11.6 Å². The molecule has 0 saturated heterocycles. The Morgan fingerprint density at radius 3 is 2.47 bits per heavy atom. The molecule has 0 radical (unpaired) electrons. The SMILES string of the molecule is Oc1cc(F)c(Cl)cc1-c1ccc(OC2CC2)cc1. The molecule has 1 fully saturated rings. The zero-order valence-electron chi connectivity index (χ0n) is 10.1. The van der Waals surface area contributed by atoms with Crippen LogP contribution in [0.5, 0.6) is 11.5 Å². The fraction of sp³-hybridized carbons (Fsp3) is 0.200. The Hall–Kier alpha value is -1.74. The lowest BCUT2D eigenvalue weighted by Gasteiger charge is -2.08. The minimum absolute atomic E-state index is 0.00823. The minimum atomic E-state index is -0.628. The highest BCUT2D eigenvalue weighted by Gasteiger charge is 2.23. The van der Waals surface area contributed by atoms with Crippen molar-refractivity contribution < 1.29 is 14.2 Å². The van der Waals surface area contributed by atoms with Crippen LogP contribution in [0.25, 0.3) is 11.1 Å². The Labute approximate surface area is 115 Å². The van der Waals surface area contributed by atoms with Crippen LogP contribution in [0.3, 0.4) is 0 Å². The normalized spacial score (nSPS) is 14.4. The van der Waals surface area contributed by atoms with Crippen molar-refractivity contribution in [2.24, 2.45) is 0 Å². The number of phenols is 1. The zero-order valence-corrected chi connectivity index (χ0v) is 10.8. The quantitative estimate of drug-likeness (QED) is 0.902. The third-order valence-corrected chi connectivity index (χ3v) is 3.32. The van der Waals surface area contributed by atoms with Gasteiger partial charge in [-0.1, -0.05) is 23.7 Å². The van der Waals surface area contributed by atoms with Gasteiger partial charge in [0.2, 0.25) is 0 Å². The molecular formula is C15H12ClFO2. The van der Waals surface area contributed by atoms with Gasteiger partial charge in [-0.2, -0.15) is 0 Å². The lowest BCUT2D eigenvalue weighted by Crippen LogP contribution is -1.95. The van der Waals surface area contributed by atoms with Crippen molar-refractivity contribution in [1.82, 2.24) is 0 Å². The van der Waals surface area contributed by atoms with Gasteiger partial charge >= 0.3 is 0 Å². The molecule has 19 heavy (non-hydrogen) atoms. The van der Waals surface area contributed by atoms with Gasteiger partial charge in [-0.05, 0) is 36.6 Å². The van der Waals surface area contributed by atoms with Crippen LogP contribution in [0, 0.1) is 5.82 Å². The highest BCUT2D eigenvalue weighted by molar-refractivity contribution is 6.31. The molecule has 0 heterocycles. The van der Waals surface area contributed by atoms with Crippen LogP contribution < -0.4 is 4.74 Å². The summed E-state index contributed by atoms with van der Waals surface area (Å²) in [6.45, 7) is 0. The van der Waals surface area contributed by atoms with Crippen molar-refractivity contribution in [1.29, 1.82) is 0 Å². The molecule has 2 nitrogen and oxygen atoms in total. The minimum Gasteiger partial charge on any atom is -0.507 e. The molecule has 1 saturated carbocycles. The molecule has 0 atom stereocenters. The number of rotatable bonds is 3. The largest absolute Gasteiger partial charge is 0.507 e. The first-order valence-electron chi connectivity index (χ1n) is 6.08. The van der Waals surface area contributed by atoms with E-state index in [0.29, 0.717) is 11.7 Å². The fourth-order valence-corrected chi connectivity index (χ4v) is 2.02. The second-order valence-electron chi connectivity index (χ2n) is 4.63. The molecule has 1 N–H and O–H groups in total. The van der Waals surface area contributed by atoms with E-state index in [0.717, 1.165) is 30.2 Å². The molecule has 98 valence electrons. The Kier molecular flexibility index (Phi) is 3.07. The number of halogens is 2. The van der Waals surface area contributed by atoms with Gasteiger partial charge in [-0.25, -0.2) is 4.39 Å². The molecule has 0 aromatic heterocycles. The summed E-state index contributed by atoms with van der Waals surface area (Å²) in [5.74, 6) is 0.0494. The molecule has 1 aliphatic rings. The van der Waals surface area contributed by atoms with E-state index in [2.05, 4.69) is 0 Å². The van der Waals surface area contributed by atoms with E-state index in [1.54, 1.807) is 0 Å². The van der Waals surface area contributed by atoms with Crippen molar-refractivity contribution >= 4 is 11.6 Å². The second-order valence-corrected chi connectivity index (χ2v) is 5.03. The predicted molar refractivity (Wildman–Crippen MR) is 72.2 cm³/mol. The molecule has 0 bridgehead atoms. The number of aromatic hydroxyl groups is 1. The van der Waals surface area contributed by atoms with Crippen LogP contribution in [0.4, 0.5) is 4.39 Å². The average molecular weight is 279 g/mol. The number of hydrogen-bond donors (Lipinski definition) is 1. The summed E-state index contributed by atoms with van der Waals surface area (Å²) in [6, 6.07) is 9.76. The van der Waals surface area contributed by atoms with Gasteiger partial charge < -0.3 is 9.84 Å². The van der Waals surface area contributed by atoms with Gasteiger partial charge in [0.25, 0.3) is 0 Å². The van der Waals surface area contributed by atoms with Gasteiger partial charge in [-0.3, -0.25) is 0 Å². The lowest BCUT2D eigenvalue weighted by atomic mass is 10.0. The fourth-order valence-electron chi connectivity index (χ4n) is 1.86. The van der Waals surface area contributed by atoms with Gasteiger partial charge in [0, 0.05) is 11.6 Å². The highest BCUT2D eigenvalue weighted by Crippen LogP contribution is 2.35. The maximum atomic E-state index is 13.2. The second kappa shape index (κ2) is 4.74. The van der Waals surface area contributed by atoms with Crippen LogP contribution in [-0.2, 0) is 0 Å². The Balaban J connectivity index is 1.90. The molecule has 2 aromatic rings. The van der Waals surface area contributed by atoms with Crippen LogP contribution in [0.2, 0.25) is 5.02 Å². The Morgan fingerprint density at radius 2 is 1.84 bits per heavy atom. The molecule has 1 aliphatic carbocycles. The molecule has 3 rings (SSSR count). The first-order valence-corrected chi connectivity index (χ1v) is 6.46. The number of ether oxygens (including phenoxy) is 1. The van der Waals surface area contributed by atoms with E-state index in [-0.39, 0.29) is 10.8 Å². The van der Waals surface area contributed by atoms with E-state index in [1.165, 1.54) is 6.07 Å². The molecule has 0 unspecified atom stereocenters. The summed E-state index contributed by atoms with van der Waals surface area (Å²) >= 11 is 5.73. The lowest BCUT2D eigenvalue weighted by molar-refractivity contribution is 0.303. The summed E-state index contributed by atoms with van der Waals surface area (Å²) in [6.07, 6.45) is 2.56. The molecular weight excluding hydrogens is 267 g/mol. The Bertz CT molecular complexity index is 606. The molecule has 4 heteroatoms. The Morgan fingerprint density at radius 1 is 1.16 bits per heavy atom. The van der Waals surface area contributed by atoms with Crippen molar-refractivity contribution in [2.45, 2.75) is 18.9 Å². The van der Waals surface area contributed by atoms with E-state index < -0.39 is 5.82 Å². The first kappa shape index (κ1) is 12.3. The summed E-state index contributed by atoms with van der Waals surface area (Å²) in [7, 11) is 0. The third-order valence-electron chi connectivity index (χ3n) is 3.03. The van der Waals surface area contributed by atoms with Crippen molar-refractivity contribution in [3.05, 3.63) is 47.2 Å². The topological polar surface area (TPSA) is 29.5 Å².